The van der Waals surface area contributed by atoms with Gasteiger partial charge in [-0.3, -0.25) is 19.4 Å². The molecule has 0 amide bonds. The Bertz CT molecular complexity index is 460. The highest BCUT2D eigenvalue weighted by Gasteiger charge is 2.12. The molecule has 0 aromatic heterocycles. The van der Waals surface area contributed by atoms with Crippen LogP contribution in [-0.2, 0) is 38.7 Å². The molecule has 8 nitrogen and oxygen atoms in total. The zero-order valence-corrected chi connectivity index (χ0v) is 13.9. The number of Topliss-reactive ketones (excluding diaryl/α,β-unsaturated/α-hetero) is 2. The van der Waals surface area contributed by atoms with Crippen LogP contribution in [0.15, 0.2) is 24.3 Å². The van der Waals surface area contributed by atoms with Crippen molar-refractivity contribution in [3.05, 3.63) is 24.3 Å². The Balaban J connectivity index is 3.66. The second-order valence-electron chi connectivity index (χ2n) is 4.96. The third-order valence-electron chi connectivity index (χ3n) is 2.61. The molecular weight excluding hydrogens is 320 g/mol. The van der Waals surface area contributed by atoms with Crippen molar-refractivity contribution in [2.45, 2.75) is 39.5 Å². The summed E-state index contributed by atoms with van der Waals surface area (Å²) in [5.41, 5.74) is 0.773. The molecule has 0 rings (SSSR count). The monoisotopic (exact) mass is 342 g/mol. The van der Waals surface area contributed by atoms with Gasteiger partial charge in [0.25, 0.3) is 0 Å². The molecule has 0 radical (unpaired) electrons. The Morgan fingerprint density at radius 2 is 1.00 bits per heavy atom. The summed E-state index contributed by atoms with van der Waals surface area (Å²) in [6.07, 6.45) is -0.467. The minimum absolute atomic E-state index is 0.0431. The summed E-state index contributed by atoms with van der Waals surface area (Å²) in [7, 11) is 0. The molecule has 0 heterocycles. The van der Waals surface area contributed by atoms with Gasteiger partial charge in [0.15, 0.2) is 11.6 Å². The topological polar surface area (TPSA) is 105 Å². The first-order valence-corrected chi connectivity index (χ1v) is 7.26. The van der Waals surface area contributed by atoms with Crippen molar-refractivity contribution in [2.75, 3.05) is 13.2 Å². The summed E-state index contributed by atoms with van der Waals surface area (Å²) in [5.74, 6) is -1.96. The number of carbonyl (C=O) groups excluding carboxylic acids is 4. The zero-order valence-electron chi connectivity index (χ0n) is 13.9. The minimum Gasteiger partial charge on any atom is -0.298 e. The van der Waals surface area contributed by atoms with Crippen molar-refractivity contribution >= 4 is 23.5 Å². The Morgan fingerprint density at radius 1 is 0.667 bits per heavy atom. The molecule has 0 saturated heterocycles. The summed E-state index contributed by atoms with van der Waals surface area (Å²) in [6.45, 7) is 9.88. The second-order valence-corrected chi connectivity index (χ2v) is 4.96. The van der Waals surface area contributed by atoms with Crippen LogP contribution in [0.4, 0.5) is 0 Å². The van der Waals surface area contributed by atoms with Crippen LogP contribution in [0.2, 0.25) is 0 Å². The number of ketones is 2. The van der Waals surface area contributed by atoms with Gasteiger partial charge in [-0.1, -0.05) is 13.2 Å². The fourth-order valence-electron chi connectivity index (χ4n) is 1.20. The predicted molar refractivity (Wildman–Crippen MR) is 82.2 cm³/mol. The maximum absolute atomic E-state index is 11.3. The number of hydrogen-bond acceptors (Lipinski definition) is 8. The summed E-state index contributed by atoms with van der Waals surface area (Å²) in [6, 6.07) is 0. The summed E-state index contributed by atoms with van der Waals surface area (Å²) >= 11 is 0. The van der Waals surface area contributed by atoms with Crippen LogP contribution in [0.5, 0.6) is 0 Å². The zero-order chi connectivity index (χ0) is 18.5. The summed E-state index contributed by atoms with van der Waals surface area (Å²) in [5, 5.41) is 0. The van der Waals surface area contributed by atoms with Gasteiger partial charge in [-0.25, -0.2) is 9.59 Å². The van der Waals surface area contributed by atoms with Gasteiger partial charge >= 0.3 is 11.9 Å². The van der Waals surface area contributed by atoms with E-state index in [0.717, 1.165) is 0 Å². The van der Waals surface area contributed by atoms with Gasteiger partial charge < -0.3 is 0 Å². The summed E-state index contributed by atoms with van der Waals surface area (Å²) in [4.78, 5) is 62.8. The fourth-order valence-corrected chi connectivity index (χ4v) is 1.20. The van der Waals surface area contributed by atoms with Gasteiger partial charge in [-0.05, 0) is 25.0 Å². The van der Waals surface area contributed by atoms with E-state index < -0.39 is 11.9 Å². The molecule has 0 aliphatic rings. The van der Waals surface area contributed by atoms with Crippen molar-refractivity contribution in [1.82, 2.24) is 0 Å². The predicted octanol–water partition coefficient (Wildman–Crippen LogP) is 1.79. The van der Waals surface area contributed by atoms with Crippen molar-refractivity contribution in [1.29, 1.82) is 0 Å². The first kappa shape index (κ1) is 21.7. The largest absolute Gasteiger partial charge is 0.342 e. The van der Waals surface area contributed by atoms with E-state index in [2.05, 4.69) is 32.7 Å². The van der Waals surface area contributed by atoms with E-state index in [1.54, 1.807) is 13.8 Å². The van der Waals surface area contributed by atoms with Gasteiger partial charge in [0.05, 0.1) is 12.8 Å². The van der Waals surface area contributed by atoms with Crippen molar-refractivity contribution in [3.63, 3.8) is 0 Å². The molecule has 0 spiro atoms. The van der Waals surface area contributed by atoms with Gasteiger partial charge in [0.1, 0.15) is 13.2 Å². The molecule has 0 saturated carbocycles. The lowest BCUT2D eigenvalue weighted by Gasteiger charge is -2.04. The molecule has 24 heavy (non-hydrogen) atoms. The standard InChI is InChI=1S/C16H22O8/c1-11(2)13(17)7-9-21-23-15(19)5-6-16(20)24-22-10-8-14(18)12(3)4/h1,3,5-10H2,2,4H3. The molecule has 0 aliphatic carbocycles. The quantitative estimate of drug-likeness (QED) is 0.216. The SMILES string of the molecule is C=C(C)C(=O)CCOOC(=O)CCC(=O)OOCCC(=O)C(=C)C. The molecule has 8 heteroatoms. The number of rotatable bonds is 13. The van der Waals surface area contributed by atoms with E-state index in [0.29, 0.717) is 11.1 Å². The van der Waals surface area contributed by atoms with Crippen LogP contribution < -0.4 is 0 Å². The average molecular weight is 342 g/mol. The lowest BCUT2D eigenvalue weighted by atomic mass is 10.2. The summed E-state index contributed by atoms with van der Waals surface area (Å²) < 4.78 is 0. The van der Waals surface area contributed by atoms with Crippen LogP contribution in [0, 0.1) is 0 Å². The highest BCUT2D eigenvalue weighted by molar-refractivity contribution is 5.94. The normalized spacial score (nSPS) is 9.92. The Labute approximate surface area is 140 Å². The van der Waals surface area contributed by atoms with E-state index in [-0.39, 0.29) is 50.5 Å². The Morgan fingerprint density at radius 3 is 1.29 bits per heavy atom. The Kier molecular flexibility index (Phi) is 11.0. The number of allylic oxidation sites excluding steroid dienone is 2. The average Bonchev–Trinajstić information content (AvgIpc) is 2.52. The molecule has 0 fully saturated rings. The van der Waals surface area contributed by atoms with Gasteiger partial charge in [-0.2, -0.15) is 9.78 Å². The molecule has 0 bridgehead atoms. The highest BCUT2D eigenvalue weighted by Crippen LogP contribution is 2.01. The smallest absolute Gasteiger partial charge is 0.298 e. The third-order valence-corrected chi connectivity index (χ3v) is 2.61. The molecular formula is C16H22O8. The van der Waals surface area contributed by atoms with E-state index in [1.165, 1.54) is 0 Å². The molecule has 0 atom stereocenters. The molecule has 0 aliphatic heterocycles. The molecule has 0 aromatic rings. The Hall–Kier alpha value is -2.32. The first-order valence-electron chi connectivity index (χ1n) is 7.26. The number of hydrogen-bond donors (Lipinski definition) is 0. The molecule has 0 unspecified atom stereocenters. The van der Waals surface area contributed by atoms with Crippen LogP contribution in [0.3, 0.4) is 0 Å². The van der Waals surface area contributed by atoms with Crippen LogP contribution in [-0.4, -0.2) is 36.7 Å². The van der Waals surface area contributed by atoms with Crippen LogP contribution in [0.1, 0.15) is 39.5 Å². The van der Waals surface area contributed by atoms with E-state index in [9.17, 15) is 19.2 Å². The third kappa shape index (κ3) is 11.3. The lowest BCUT2D eigenvalue weighted by molar-refractivity contribution is -0.277. The maximum Gasteiger partial charge on any atom is 0.342 e. The van der Waals surface area contributed by atoms with E-state index >= 15 is 0 Å². The first-order chi connectivity index (χ1) is 11.2. The fraction of sp³-hybridized carbons (Fsp3) is 0.500. The molecule has 0 aromatic carbocycles. The van der Waals surface area contributed by atoms with Crippen LogP contribution in [0.25, 0.3) is 0 Å². The van der Waals surface area contributed by atoms with Gasteiger partial charge in [0, 0.05) is 12.8 Å². The highest BCUT2D eigenvalue weighted by atomic mass is 17.2. The van der Waals surface area contributed by atoms with Crippen molar-refractivity contribution < 1.29 is 38.7 Å². The molecule has 134 valence electrons. The van der Waals surface area contributed by atoms with Crippen molar-refractivity contribution in [3.8, 4) is 0 Å². The van der Waals surface area contributed by atoms with Gasteiger partial charge in [0.2, 0.25) is 0 Å². The maximum atomic E-state index is 11.3. The minimum atomic E-state index is -0.785. The van der Waals surface area contributed by atoms with Crippen LogP contribution >= 0.6 is 0 Å². The van der Waals surface area contributed by atoms with Gasteiger partial charge in [-0.15, -0.1) is 0 Å². The molecule has 0 N–H and O–H groups in total. The van der Waals surface area contributed by atoms with E-state index in [1.807, 2.05) is 0 Å². The van der Waals surface area contributed by atoms with E-state index in [4.69, 9.17) is 0 Å². The number of carbonyl (C=O) groups is 4. The second kappa shape index (κ2) is 12.1. The lowest BCUT2D eigenvalue weighted by Crippen LogP contribution is -2.13. The van der Waals surface area contributed by atoms with Crippen molar-refractivity contribution in [2.24, 2.45) is 0 Å².